The van der Waals surface area contributed by atoms with Gasteiger partial charge in [-0.05, 0) is 25.5 Å². The molecule has 1 saturated carbocycles. The van der Waals surface area contributed by atoms with Crippen molar-refractivity contribution in [3.8, 4) is 0 Å². The molecule has 4 heterocycles. The second-order valence-electron chi connectivity index (χ2n) is 7.22. The molecule has 5 atom stereocenters. The van der Waals surface area contributed by atoms with Crippen molar-refractivity contribution >= 4 is 17.5 Å². The number of carbonyl (C=O) groups is 1. The third-order valence-corrected chi connectivity index (χ3v) is 5.64. The van der Waals surface area contributed by atoms with E-state index in [0.29, 0.717) is 25.5 Å². The van der Waals surface area contributed by atoms with Gasteiger partial charge in [0.15, 0.2) is 5.82 Å². The van der Waals surface area contributed by atoms with Crippen molar-refractivity contribution in [2.45, 2.75) is 43.7 Å². The molecular weight excluding hydrogens is 340 g/mol. The minimum absolute atomic E-state index is 0.124. The summed E-state index contributed by atoms with van der Waals surface area (Å²) in [6, 6.07) is 3.83. The average Bonchev–Trinajstić information content (AvgIpc) is 3.15. The first-order chi connectivity index (χ1) is 12.6. The number of nitrogen functional groups attached to an aromatic ring is 1. The first-order valence-corrected chi connectivity index (χ1v) is 8.77. The highest BCUT2D eigenvalue weighted by Gasteiger charge is 2.71. The van der Waals surface area contributed by atoms with E-state index in [9.17, 15) is 4.79 Å². The van der Waals surface area contributed by atoms with Crippen molar-refractivity contribution in [2.24, 2.45) is 5.92 Å². The first-order valence-electron chi connectivity index (χ1n) is 8.77. The van der Waals surface area contributed by atoms with E-state index in [1.54, 1.807) is 4.52 Å². The molecule has 2 aromatic heterocycles. The van der Waals surface area contributed by atoms with Crippen LogP contribution in [0.1, 0.15) is 31.6 Å². The third kappa shape index (κ3) is 2.34. The summed E-state index contributed by atoms with van der Waals surface area (Å²) in [5, 5.41) is 4.26. The lowest BCUT2D eigenvalue weighted by molar-refractivity contribution is -0.0500. The lowest BCUT2D eigenvalue weighted by atomic mass is 10.1. The highest BCUT2D eigenvalue weighted by atomic mass is 16.7. The molecule has 0 radical (unpaired) electrons. The summed E-state index contributed by atoms with van der Waals surface area (Å²) >= 11 is 0. The van der Waals surface area contributed by atoms with Gasteiger partial charge >= 0.3 is 6.16 Å². The molecule has 2 unspecified atom stereocenters. The first kappa shape index (κ1) is 15.8. The van der Waals surface area contributed by atoms with Gasteiger partial charge in [-0.2, -0.15) is 5.10 Å². The fourth-order valence-corrected chi connectivity index (χ4v) is 4.10. The molecule has 9 heteroatoms. The van der Waals surface area contributed by atoms with Gasteiger partial charge in [-0.3, -0.25) is 0 Å². The predicted octanol–water partition coefficient (Wildman–Crippen LogP) is 1.47. The van der Waals surface area contributed by atoms with E-state index in [1.807, 2.05) is 19.1 Å². The Morgan fingerprint density at radius 1 is 1.42 bits per heavy atom. The number of hydrogen-bond acceptors (Lipinski definition) is 8. The van der Waals surface area contributed by atoms with Crippen LogP contribution in [0.2, 0.25) is 0 Å². The minimum atomic E-state index is -0.644. The van der Waals surface area contributed by atoms with Crippen LogP contribution in [0.5, 0.6) is 0 Å². The van der Waals surface area contributed by atoms with Gasteiger partial charge < -0.3 is 24.7 Å². The van der Waals surface area contributed by atoms with Gasteiger partial charge in [0.25, 0.3) is 0 Å². The molecule has 138 valence electrons. The zero-order valence-corrected chi connectivity index (χ0v) is 14.3. The van der Waals surface area contributed by atoms with Gasteiger partial charge in [0.2, 0.25) is 0 Å². The molecule has 2 saturated heterocycles. The van der Waals surface area contributed by atoms with Gasteiger partial charge in [-0.15, -0.1) is 0 Å². The van der Waals surface area contributed by atoms with Crippen LogP contribution >= 0.6 is 0 Å². The zero-order valence-electron chi connectivity index (χ0n) is 14.3. The summed E-state index contributed by atoms with van der Waals surface area (Å²) in [7, 11) is 0. The Kier molecular flexibility index (Phi) is 3.38. The lowest BCUT2D eigenvalue weighted by Crippen LogP contribution is -2.25. The normalized spacial score (nSPS) is 35.4. The summed E-state index contributed by atoms with van der Waals surface area (Å²) in [5.74, 6) is 0.574. The van der Waals surface area contributed by atoms with Gasteiger partial charge in [-0.1, -0.05) is 0 Å². The van der Waals surface area contributed by atoms with Gasteiger partial charge in [0.05, 0.1) is 18.9 Å². The number of ether oxygens (including phenoxy) is 4. The molecule has 3 fully saturated rings. The van der Waals surface area contributed by atoms with Gasteiger partial charge in [-0.25, -0.2) is 14.3 Å². The largest absolute Gasteiger partial charge is 0.509 e. The van der Waals surface area contributed by atoms with Crippen molar-refractivity contribution in [3.05, 3.63) is 24.2 Å². The Morgan fingerprint density at radius 2 is 2.31 bits per heavy atom. The topological polar surface area (TPSA) is 110 Å². The SMILES string of the molecule is C[C@]12O[C@@H](c3ccc4c(N)ncnn34)CC1C2OC(=O)O[C@H]1CCOC1. The van der Waals surface area contributed by atoms with Crippen LogP contribution in [0, 0.1) is 5.92 Å². The molecule has 2 aromatic rings. The van der Waals surface area contributed by atoms with Crippen molar-refractivity contribution in [1.29, 1.82) is 0 Å². The van der Waals surface area contributed by atoms with E-state index in [4.69, 9.17) is 24.7 Å². The molecule has 1 aliphatic carbocycles. The Balaban J connectivity index is 1.25. The molecule has 0 amide bonds. The highest BCUT2D eigenvalue weighted by Crippen LogP contribution is 2.61. The standard InChI is InChI=1S/C17H20N4O5/c1-17-10(14(17)25-16(22)24-9-4-5-23-7-9)6-13(26-17)11-2-3-12-15(18)19-8-20-21(11)12/h2-3,8-10,13-14H,4-7H2,1H3,(H2,18,19,20)/t9-,10?,13+,14?,17-/m0/s1. The summed E-state index contributed by atoms with van der Waals surface area (Å²) < 4.78 is 23.9. The Morgan fingerprint density at radius 3 is 3.04 bits per heavy atom. The number of fused-ring (bicyclic) bond motifs is 2. The number of aromatic nitrogens is 3. The molecule has 0 bridgehead atoms. The van der Waals surface area contributed by atoms with Crippen molar-refractivity contribution < 1.29 is 23.7 Å². The van der Waals surface area contributed by atoms with Crippen LogP contribution < -0.4 is 5.73 Å². The second kappa shape index (κ2) is 5.55. The summed E-state index contributed by atoms with van der Waals surface area (Å²) in [5.41, 5.74) is 7.07. The molecular formula is C17H20N4O5. The van der Waals surface area contributed by atoms with Crippen molar-refractivity contribution in [3.63, 3.8) is 0 Å². The van der Waals surface area contributed by atoms with E-state index in [1.165, 1.54) is 6.33 Å². The number of hydrogen-bond donors (Lipinski definition) is 1. The number of rotatable bonds is 3. The molecule has 0 aromatic carbocycles. The molecule has 3 aliphatic rings. The van der Waals surface area contributed by atoms with E-state index < -0.39 is 11.8 Å². The number of nitrogens with zero attached hydrogens (tertiary/aromatic N) is 3. The van der Waals surface area contributed by atoms with Gasteiger partial charge in [0, 0.05) is 12.3 Å². The zero-order chi connectivity index (χ0) is 17.9. The van der Waals surface area contributed by atoms with Gasteiger partial charge in [0.1, 0.15) is 35.8 Å². The van der Waals surface area contributed by atoms with Crippen LogP contribution in [0.15, 0.2) is 18.5 Å². The van der Waals surface area contributed by atoms with E-state index in [0.717, 1.165) is 17.6 Å². The Labute approximate surface area is 149 Å². The van der Waals surface area contributed by atoms with Crippen molar-refractivity contribution in [2.75, 3.05) is 18.9 Å². The Hall–Kier alpha value is -2.39. The third-order valence-electron chi connectivity index (χ3n) is 5.64. The minimum Gasteiger partial charge on any atom is -0.428 e. The molecule has 26 heavy (non-hydrogen) atoms. The maximum atomic E-state index is 12.0. The van der Waals surface area contributed by atoms with Crippen LogP contribution in [0.4, 0.5) is 10.6 Å². The second-order valence-corrected chi connectivity index (χ2v) is 7.22. The molecule has 2 aliphatic heterocycles. The highest BCUT2D eigenvalue weighted by molar-refractivity contribution is 5.65. The maximum Gasteiger partial charge on any atom is 0.509 e. The van der Waals surface area contributed by atoms with E-state index in [-0.39, 0.29) is 24.2 Å². The summed E-state index contributed by atoms with van der Waals surface area (Å²) in [6.45, 7) is 3.02. The monoisotopic (exact) mass is 360 g/mol. The number of anilines is 1. The van der Waals surface area contributed by atoms with Crippen LogP contribution in [-0.2, 0) is 18.9 Å². The summed E-state index contributed by atoms with van der Waals surface area (Å²) in [6.07, 6.45) is 1.63. The predicted molar refractivity (Wildman–Crippen MR) is 88.3 cm³/mol. The molecule has 5 rings (SSSR count). The molecule has 9 nitrogen and oxygen atoms in total. The van der Waals surface area contributed by atoms with E-state index >= 15 is 0 Å². The van der Waals surface area contributed by atoms with Crippen LogP contribution in [-0.4, -0.2) is 51.8 Å². The smallest absolute Gasteiger partial charge is 0.428 e. The fraction of sp³-hybridized carbons (Fsp3) is 0.588. The van der Waals surface area contributed by atoms with Crippen LogP contribution in [0.25, 0.3) is 5.52 Å². The maximum absolute atomic E-state index is 12.0. The molecule has 0 spiro atoms. The quantitative estimate of drug-likeness (QED) is 0.820. The Bertz CT molecular complexity index is 864. The number of carbonyl (C=O) groups excluding carboxylic acids is 1. The summed E-state index contributed by atoms with van der Waals surface area (Å²) in [4.78, 5) is 16.0. The fourth-order valence-electron chi connectivity index (χ4n) is 4.10. The van der Waals surface area contributed by atoms with Crippen LogP contribution in [0.3, 0.4) is 0 Å². The van der Waals surface area contributed by atoms with Crippen molar-refractivity contribution in [1.82, 2.24) is 14.6 Å². The number of nitrogens with two attached hydrogens (primary N) is 1. The lowest BCUT2D eigenvalue weighted by Gasteiger charge is -2.19. The average molecular weight is 360 g/mol. The molecule has 2 N–H and O–H groups in total. The van der Waals surface area contributed by atoms with E-state index in [2.05, 4.69) is 10.1 Å².